The fourth-order valence-corrected chi connectivity index (χ4v) is 3.20. The Kier molecular flexibility index (Phi) is 4.81. The summed E-state index contributed by atoms with van der Waals surface area (Å²) in [4.78, 5) is 14.4. The van der Waals surface area contributed by atoms with Crippen molar-refractivity contribution in [2.45, 2.75) is 25.0 Å². The Labute approximate surface area is 140 Å². The number of nitrogens with zero attached hydrogens (tertiary/aromatic N) is 1. The van der Waals surface area contributed by atoms with Crippen molar-refractivity contribution in [3.05, 3.63) is 65.5 Å². The minimum Gasteiger partial charge on any atom is -0.496 e. The fourth-order valence-electron chi connectivity index (χ4n) is 3.20. The number of amides is 1. The third-order valence-corrected chi connectivity index (χ3v) is 4.39. The van der Waals surface area contributed by atoms with Crippen LogP contribution in [0, 0.1) is 5.82 Å². The Bertz CT molecular complexity index is 717. The van der Waals surface area contributed by atoms with Crippen LogP contribution in [0.2, 0.25) is 0 Å². The monoisotopic (exact) mass is 329 g/mol. The molecule has 0 aliphatic carbocycles. The Balaban J connectivity index is 1.80. The van der Waals surface area contributed by atoms with Crippen molar-refractivity contribution in [2.75, 3.05) is 13.7 Å². The number of likely N-dealkylation sites (tertiary alicyclic amines) is 1. The molecule has 4 nitrogen and oxygen atoms in total. The number of halogens is 1. The van der Waals surface area contributed by atoms with Crippen molar-refractivity contribution in [2.24, 2.45) is 0 Å². The molecule has 1 aliphatic rings. The molecule has 1 saturated heterocycles. The largest absolute Gasteiger partial charge is 0.496 e. The number of carbonyl (C=O) groups excluding carboxylic acids is 1. The van der Waals surface area contributed by atoms with E-state index >= 15 is 0 Å². The lowest BCUT2D eigenvalue weighted by atomic mass is 10.0. The molecule has 0 saturated carbocycles. The Morgan fingerprint density at radius 3 is 2.67 bits per heavy atom. The van der Waals surface area contributed by atoms with Crippen molar-refractivity contribution in [1.29, 1.82) is 0 Å². The van der Waals surface area contributed by atoms with E-state index in [2.05, 4.69) is 0 Å². The van der Waals surface area contributed by atoms with E-state index in [1.165, 1.54) is 12.1 Å². The minimum absolute atomic E-state index is 0.0784. The molecule has 1 heterocycles. The molecule has 126 valence electrons. The average Bonchev–Trinajstić information content (AvgIpc) is 2.98. The van der Waals surface area contributed by atoms with Gasteiger partial charge in [-0.1, -0.05) is 30.3 Å². The number of hydrogen-bond acceptors (Lipinski definition) is 3. The zero-order valence-corrected chi connectivity index (χ0v) is 13.5. The molecule has 1 N–H and O–H groups in total. The number of aliphatic hydroxyl groups is 1. The van der Waals surface area contributed by atoms with Crippen LogP contribution in [0.3, 0.4) is 0 Å². The van der Waals surface area contributed by atoms with Crippen LogP contribution in [0.4, 0.5) is 4.39 Å². The van der Waals surface area contributed by atoms with E-state index in [4.69, 9.17) is 4.74 Å². The van der Waals surface area contributed by atoms with Gasteiger partial charge in [0.2, 0.25) is 5.91 Å². The summed E-state index contributed by atoms with van der Waals surface area (Å²) in [5, 5.41) is 10.0. The molecule has 24 heavy (non-hydrogen) atoms. The molecule has 1 fully saturated rings. The second-order valence-corrected chi connectivity index (χ2v) is 5.99. The number of benzene rings is 2. The SMILES string of the molecule is COc1ccccc1CC(=O)N1C[C@@H](O)C[C@@H]1c1ccc(F)cc1. The summed E-state index contributed by atoms with van der Waals surface area (Å²) in [5.74, 6) is 0.276. The molecule has 2 aromatic rings. The molecule has 0 radical (unpaired) electrons. The van der Waals surface area contributed by atoms with Crippen LogP contribution in [0.5, 0.6) is 5.75 Å². The second-order valence-electron chi connectivity index (χ2n) is 5.99. The van der Waals surface area contributed by atoms with E-state index < -0.39 is 6.10 Å². The third-order valence-electron chi connectivity index (χ3n) is 4.39. The smallest absolute Gasteiger partial charge is 0.227 e. The van der Waals surface area contributed by atoms with E-state index in [0.717, 1.165) is 11.1 Å². The van der Waals surface area contributed by atoms with Gasteiger partial charge >= 0.3 is 0 Å². The molecule has 0 aromatic heterocycles. The van der Waals surface area contributed by atoms with Crippen molar-refractivity contribution >= 4 is 5.91 Å². The highest BCUT2D eigenvalue weighted by atomic mass is 19.1. The van der Waals surface area contributed by atoms with Gasteiger partial charge in [-0.2, -0.15) is 0 Å². The number of methoxy groups -OCH3 is 1. The molecule has 2 aromatic carbocycles. The maximum absolute atomic E-state index is 13.1. The van der Waals surface area contributed by atoms with Gasteiger partial charge in [0.1, 0.15) is 11.6 Å². The van der Waals surface area contributed by atoms with Crippen molar-refractivity contribution in [3.8, 4) is 5.75 Å². The predicted molar refractivity (Wildman–Crippen MR) is 88.2 cm³/mol. The van der Waals surface area contributed by atoms with Gasteiger partial charge in [-0.25, -0.2) is 4.39 Å². The normalized spacial score (nSPS) is 20.2. The molecule has 0 spiro atoms. The summed E-state index contributed by atoms with van der Waals surface area (Å²) in [6.45, 7) is 0.288. The van der Waals surface area contributed by atoms with Crippen LogP contribution < -0.4 is 4.74 Å². The number of ether oxygens (including phenoxy) is 1. The summed E-state index contributed by atoms with van der Waals surface area (Å²) >= 11 is 0. The Morgan fingerprint density at radius 2 is 1.96 bits per heavy atom. The van der Waals surface area contributed by atoms with Gasteiger partial charge in [0.05, 0.1) is 25.7 Å². The number of rotatable bonds is 4. The summed E-state index contributed by atoms with van der Waals surface area (Å²) < 4.78 is 18.4. The van der Waals surface area contributed by atoms with Gasteiger partial charge in [0.25, 0.3) is 0 Å². The first kappa shape index (κ1) is 16.5. The lowest BCUT2D eigenvalue weighted by molar-refractivity contribution is -0.131. The van der Waals surface area contributed by atoms with Gasteiger partial charge in [-0.15, -0.1) is 0 Å². The zero-order valence-electron chi connectivity index (χ0n) is 13.5. The van der Waals surface area contributed by atoms with Gasteiger partial charge in [-0.05, 0) is 30.2 Å². The summed E-state index contributed by atoms with van der Waals surface area (Å²) in [5.41, 5.74) is 1.64. The van der Waals surface area contributed by atoms with Crippen LogP contribution in [0.15, 0.2) is 48.5 Å². The summed E-state index contributed by atoms with van der Waals surface area (Å²) in [6, 6.07) is 13.3. The first-order valence-electron chi connectivity index (χ1n) is 7.93. The molecule has 5 heteroatoms. The fraction of sp³-hybridized carbons (Fsp3) is 0.316. The lowest BCUT2D eigenvalue weighted by Crippen LogP contribution is -2.33. The molecule has 0 bridgehead atoms. The summed E-state index contributed by atoms with van der Waals surface area (Å²) in [7, 11) is 1.57. The molecule has 2 atom stereocenters. The number of β-amino-alcohol motifs (C(OH)–C–C–N with tert-alkyl or cyclic N) is 1. The topological polar surface area (TPSA) is 49.8 Å². The molecule has 0 unspecified atom stereocenters. The van der Waals surface area contributed by atoms with E-state index in [9.17, 15) is 14.3 Å². The van der Waals surface area contributed by atoms with E-state index in [1.807, 2.05) is 24.3 Å². The van der Waals surface area contributed by atoms with Gasteiger partial charge in [-0.3, -0.25) is 4.79 Å². The van der Waals surface area contributed by atoms with Crippen molar-refractivity contribution in [3.63, 3.8) is 0 Å². The molecule has 1 aliphatic heterocycles. The van der Waals surface area contributed by atoms with Gasteiger partial charge in [0.15, 0.2) is 0 Å². The highest BCUT2D eigenvalue weighted by Gasteiger charge is 2.35. The lowest BCUT2D eigenvalue weighted by Gasteiger charge is -2.25. The van der Waals surface area contributed by atoms with E-state index in [-0.39, 0.29) is 30.7 Å². The quantitative estimate of drug-likeness (QED) is 0.938. The predicted octanol–water partition coefficient (Wildman–Crippen LogP) is 2.71. The first-order chi connectivity index (χ1) is 11.6. The zero-order chi connectivity index (χ0) is 17.1. The van der Waals surface area contributed by atoms with Crippen molar-refractivity contribution < 1.29 is 19.0 Å². The number of hydrogen-bond donors (Lipinski definition) is 1. The number of para-hydroxylation sites is 1. The van der Waals surface area contributed by atoms with Gasteiger partial charge < -0.3 is 14.7 Å². The molecule has 1 amide bonds. The van der Waals surface area contributed by atoms with Crippen LogP contribution in [-0.4, -0.2) is 35.7 Å². The third kappa shape index (κ3) is 3.41. The first-order valence-corrected chi connectivity index (χ1v) is 7.93. The number of aliphatic hydroxyl groups excluding tert-OH is 1. The maximum atomic E-state index is 13.1. The highest BCUT2D eigenvalue weighted by Crippen LogP contribution is 2.33. The van der Waals surface area contributed by atoms with Crippen LogP contribution >= 0.6 is 0 Å². The summed E-state index contributed by atoms with van der Waals surface area (Å²) in [6.07, 6.45) is 0.0965. The standard InChI is InChI=1S/C19H20FNO3/c1-24-18-5-3-2-4-14(18)10-19(23)21-12-16(22)11-17(21)13-6-8-15(20)9-7-13/h2-9,16-17,22H,10-12H2,1H3/t16-,17+/m0/s1. The highest BCUT2D eigenvalue weighted by molar-refractivity contribution is 5.80. The molecule has 3 rings (SSSR count). The van der Waals surface area contributed by atoms with Crippen LogP contribution in [0.25, 0.3) is 0 Å². The van der Waals surface area contributed by atoms with Crippen LogP contribution in [-0.2, 0) is 11.2 Å². The van der Waals surface area contributed by atoms with Crippen LogP contribution in [0.1, 0.15) is 23.6 Å². The van der Waals surface area contributed by atoms with E-state index in [1.54, 1.807) is 24.1 Å². The number of carbonyl (C=O) groups is 1. The minimum atomic E-state index is -0.568. The average molecular weight is 329 g/mol. The van der Waals surface area contributed by atoms with E-state index in [0.29, 0.717) is 12.2 Å². The van der Waals surface area contributed by atoms with Crippen molar-refractivity contribution in [1.82, 2.24) is 4.90 Å². The Morgan fingerprint density at radius 1 is 1.25 bits per heavy atom. The second kappa shape index (κ2) is 7.01. The maximum Gasteiger partial charge on any atom is 0.227 e. The molecular formula is C19H20FNO3. The van der Waals surface area contributed by atoms with Gasteiger partial charge in [0, 0.05) is 12.1 Å². The Hall–Kier alpha value is -2.40. The molecular weight excluding hydrogens is 309 g/mol.